The van der Waals surface area contributed by atoms with Gasteiger partial charge in [-0.3, -0.25) is 9.59 Å². The second kappa shape index (κ2) is 10.5. The Hall–Kier alpha value is -2.00. The van der Waals surface area contributed by atoms with E-state index >= 15 is 0 Å². The third-order valence-electron chi connectivity index (χ3n) is 6.78. The molecule has 0 aromatic carbocycles. The molecule has 2 amide bonds. The molecule has 1 aromatic rings. The van der Waals surface area contributed by atoms with Gasteiger partial charge < -0.3 is 23.8 Å². The SMILES string of the molecule is CC(=O)N1CCC(C(=O)N2CCC(OCCc3noc(C4CCOCC4)n3)CC2)CC1. The Labute approximate surface area is 183 Å². The van der Waals surface area contributed by atoms with Gasteiger partial charge in [-0.2, -0.15) is 4.98 Å². The van der Waals surface area contributed by atoms with Gasteiger partial charge in [-0.25, -0.2) is 0 Å². The Morgan fingerprint density at radius 3 is 2.35 bits per heavy atom. The fourth-order valence-electron chi connectivity index (χ4n) is 4.74. The van der Waals surface area contributed by atoms with Crippen LogP contribution < -0.4 is 0 Å². The van der Waals surface area contributed by atoms with E-state index in [0.717, 1.165) is 70.7 Å². The Kier molecular flexibility index (Phi) is 7.55. The molecule has 9 nitrogen and oxygen atoms in total. The summed E-state index contributed by atoms with van der Waals surface area (Å²) in [6.07, 6.45) is 5.95. The van der Waals surface area contributed by atoms with Gasteiger partial charge in [0.15, 0.2) is 5.82 Å². The number of carbonyl (C=O) groups excluding carboxylic acids is 2. The maximum absolute atomic E-state index is 12.8. The van der Waals surface area contributed by atoms with Gasteiger partial charge in [0.1, 0.15) is 0 Å². The summed E-state index contributed by atoms with van der Waals surface area (Å²) in [4.78, 5) is 32.6. The molecule has 3 aliphatic heterocycles. The van der Waals surface area contributed by atoms with Crippen LogP contribution in [0.3, 0.4) is 0 Å². The van der Waals surface area contributed by atoms with Crippen molar-refractivity contribution in [2.75, 3.05) is 46.0 Å². The third kappa shape index (κ3) is 5.83. The highest BCUT2D eigenvalue weighted by atomic mass is 16.5. The van der Waals surface area contributed by atoms with Crippen molar-refractivity contribution in [1.82, 2.24) is 19.9 Å². The molecular formula is C22H34N4O5. The number of piperidine rings is 2. The Morgan fingerprint density at radius 2 is 1.68 bits per heavy atom. The second-order valence-electron chi connectivity index (χ2n) is 8.86. The minimum atomic E-state index is 0.0521. The first kappa shape index (κ1) is 22.2. The maximum Gasteiger partial charge on any atom is 0.229 e. The Bertz CT molecular complexity index is 732. The van der Waals surface area contributed by atoms with Gasteiger partial charge in [-0.1, -0.05) is 5.16 Å². The van der Waals surface area contributed by atoms with E-state index in [9.17, 15) is 9.59 Å². The lowest BCUT2D eigenvalue weighted by Crippen LogP contribution is -2.47. The molecule has 1 aromatic heterocycles. The number of ether oxygens (including phenoxy) is 2. The summed E-state index contributed by atoms with van der Waals surface area (Å²) in [5.74, 6) is 2.13. The number of rotatable bonds is 6. The second-order valence-corrected chi connectivity index (χ2v) is 8.86. The molecule has 3 fully saturated rings. The number of aromatic nitrogens is 2. The summed E-state index contributed by atoms with van der Waals surface area (Å²) in [5.41, 5.74) is 0. The molecule has 0 atom stereocenters. The van der Waals surface area contributed by atoms with Crippen LogP contribution in [0.4, 0.5) is 0 Å². The normalized spacial score (nSPS) is 22.1. The average molecular weight is 435 g/mol. The van der Waals surface area contributed by atoms with E-state index in [-0.39, 0.29) is 23.8 Å². The third-order valence-corrected chi connectivity index (χ3v) is 6.78. The van der Waals surface area contributed by atoms with Gasteiger partial charge in [0.05, 0.1) is 12.7 Å². The van der Waals surface area contributed by atoms with Crippen LogP contribution in [-0.4, -0.2) is 83.9 Å². The van der Waals surface area contributed by atoms with Crippen LogP contribution in [0.15, 0.2) is 4.52 Å². The summed E-state index contributed by atoms with van der Waals surface area (Å²) in [5, 5.41) is 4.09. The van der Waals surface area contributed by atoms with Crippen LogP contribution in [0.25, 0.3) is 0 Å². The summed E-state index contributed by atoms with van der Waals surface area (Å²) in [6, 6.07) is 0. The summed E-state index contributed by atoms with van der Waals surface area (Å²) >= 11 is 0. The highest BCUT2D eigenvalue weighted by Crippen LogP contribution is 2.26. The van der Waals surface area contributed by atoms with Gasteiger partial charge in [0.2, 0.25) is 17.7 Å². The first-order chi connectivity index (χ1) is 15.1. The van der Waals surface area contributed by atoms with E-state index in [1.165, 1.54) is 0 Å². The van der Waals surface area contributed by atoms with Crippen molar-refractivity contribution in [3.05, 3.63) is 11.7 Å². The van der Waals surface area contributed by atoms with E-state index in [4.69, 9.17) is 14.0 Å². The van der Waals surface area contributed by atoms with Gasteiger partial charge in [-0.15, -0.1) is 0 Å². The quantitative estimate of drug-likeness (QED) is 0.673. The summed E-state index contributed by atoms with van der Waals surface area (Å²) in [6.45, 7) is 6.54. The molecular weight excluding hydrogens is 400 g/mol. The van der Waals surface area contributed by atoms with Crippen molar-refractivity contribution in [3.8, 4) is 0 Å². The van der Waals surface area contributed by atoms with Crippen LogP contribution in [0.2, 0.25) is 0 Å². The van der Waals surface area contributed by atoms with Crippen LogP contribution in [0.5, 0.6) is 0 Å². The number of nitrogens with zero attached hydrogens (tertiary/aromatic N) is 4. The summed E-state index contributed by atoms with van der Waals surface area (Å²) < 4.78 is 16.8. The Balaban J connectivity index is 1.13. The van der Waals surface area contributed by atoms with Crippen LogP contribution in [-0.2, 0) is 25.5 Å². The van der Waals surface area contributed by atoms with Crippen LogP contribution in [0.1, 0.15) is 63.1 Å². The lowest BCUT2D eigenvalue weighted by Gasteiger charge is -2.37. The maximum atomic E-state index is 12.8. The molecule has 4 heterocycles. The smallest absolute Gasteiger partial charge is 0.229 e. The highest BCUT2D eigenvalue weighted by molar-refractivity contribution is 5.79. The summed E-state index contributed by atoms with van der Waals surface area (Å²) in [7, 11) is 0. The predicted molar refractivity (Wildman–Crippen MR) is 111 cm³/mol. The molecule has 0 radical (unpaired) electrons. The molecule has 3 aliphatic rings. The first-order valence-electron chi connectivity index (χ1n) is 11.7. The molecule has 0 bridgehead atoms. The minimum Gasteiger partial charge on any atom is -0.381 e. The van der Waals surface area contributed by atoms with E-state index in [1.807, 2.05) is 9.80 Å². The fourth-order valence-corrected chi connectivity index (χ4v) is 4.74. The van der Waals surface area contributed by atoms with Crippen molar-refractivity contribution in [2.45, 2.75) is 63.9 Å². The average Bonchev–Trinajstić information content (AvgIpc) is 3.29. The van der Waals surface area contributed by atoms with E-state index < -0.39 is 0 Å². The van der Waals surface area contributed by atoms with Crippen molar-refractivity contribution in [3.63, 3.8) is 0 Å². The van der Waals surface area contributed by atoms with Crippen LogP contribution in [0, 0.1) is 5.92 Å². The van der Waals surface area contributed by atoms with Crippen molar-refractivity contribution in [2.24, 2.45) is 5.92 Å². The molecule has 0 saturated carbocycles. The van der Waals surface area contributed by atoms with Gasteiger partial charge in [0.25, 0.3) is 0 Å². The number of carbonyl (C=O) groups is 2. The Morgan fingerprint density at radius 1 is 1.00 bits per heavy atom. The van der Waals surface area contributed by atoms with Gasteiger partial charge in [0, 0.05) is 64.6 Å². The number of likely N-dealkylation sites (tertiary alicyclic amines) is 2. The van der Waals surface area contributed by atoms with Crippen molar-refractivity contribution in [1.29, 1.82) is 0 Å². The number of hydrogen-bond acceptors (Lipinski definition) is 7. The monoisotopic (exact) mass is 434 g/mol. The zero-order valence-corrected chi connectivity index (χ0v) is 18.5. The van der Waals surface area contributed by atoms with E-state index in [0.29, 0.717) is 37.9 Å². The molecule has 9 heteroatoms. The van der Waals surface area contributed by atoms with Crippen molar-refractivity contribution < 1.29 is 23.6 Å². The molecule has 0 spiro atoms. The van der Waals surface area contributed by atoms with Gasteiger partial charge in [-0.05, 0) is 38.5 Å². The van der Waals surface area contributed by atoms with Crippen LogP contribution >= 0.6 is 0 Å². The van der Waals surface area contributed by atoms with Crippen molar-refractivity contribution >= 4 is 11.8 Å². The molecule has 0 unspecified atom stereocenters. The standard InChI is InChI=1S/C22H34N4O5/c1-16(27)25-9-2-18(3-10-25)22(28)26-11-4-19(5-12-26)30-15-8-20-23-21(31-24-20)17-6-13-29-14-7-17/h17-19H,2-15H2,1H3. The molecule has 172 valence electrons. The largest absolute Gasteiger partial charge is 0.381 e. The van der Waals surface area contributed by atoms with E-state index in [1.54, 1.807) is 6.92 Å². The highest BCUT2D eigenvalue weighted by Gasteiger charge is 2.31. The molecule has 3 saturated heterocycles. The topological polar surface area (TPSA) is 98.0 Å². The van der Waals surface area contributed by atoms with E-state index in [2.05, 4.69) is 10.1 Å². The number of hydrogen-bond donors (Lipinski definition) is 0. The molecule has 0 aliphatic carbocycles. The number of amides is 2. The molecule has 4 rings (SSSR count). The minimum absolute atomic E-state index is 0.0521. The zero-order valence-electron chi connectivity index (χ0n) is 18.5. The van der Waals surface area contributed by atoms with Gasteiger partial charge >= 0.3 is 0 Å². The predicted octanol–water partition coefficient (Wildman–Crippen LogP) is 1.77. The lowest BCUT2D eigenvalue weighted by molar-refractivity contribution is -0.142. The first-order valence-corrected chi connectivity index (χ1v) is 11.7. The zero-order chi connectivity index (χ0) is 21.6. The molecule has 31 heavy (non-hydrogen) atoms. The fraction of sp³-hybridized carbons (Fsp3) is 0.818. The lowest BCUT2D eigenvalue weighted by atomic mass is 9.94. The molecule has 0 N–H and O–H groups in total.